The first-order valence-electron chi connectivity index (χ1n) is 9.92. The molecule has 0 saturated heterocycles. The number of aryl methyl sites for hydroxylation is 1. The number of nitrogens with one attached hydrogen (secondary N) is 1. The van der Waals surface area contributed by atoms with Crippen molar-refractivity contribution in [2.75, 3.05) is 31.3 Å². The van der Waals surface area contributed by atoms with E-state index in [9.17, 15) is 4.39 Å². The number of nitrogens with zero attached hydrogens (tertiary/aromatic N) is 3. The van der Waals surface area contributed by atoms with Crippen molar-refractivity contribution in [1.29, 1.82) is 0 Å². The number of benzene rings is 1. The lowest BCUT2D eigenvalue weighted by molar-refractivity contribution is 0.343. The molecule has 0 aliphatic rings. The van der Waals surface area contributed by atoms with E-state index in [1.807, 2.05) is 36.6 Å². The van der Waals surface area contributed by atoms with Gasteiger partial charge in [-0.2, -0.15) is 0 Å². The molecule has 3 heterocycles. The van der Waals surface area contributed by atoms with Crippen molar-refractivity contribution < 1.29 is 13.9 Å². The predicted octanol–water partition coefficient (Wildman–Crippen LogP) is 4.71. The van der Waals surface area contributed by atoms with Crippen LogP contribution in [-0.2, 0) is 6.54 Å². The summed E-state index contributed by atoms with van der Waals surface area (Å²) in [6.07, 6.45) is 1.51. The van der Waals surface area contributed by atoms with Gasteiger partial charge in [0.2, 0.25) is 0 Å². The van der Waals surface area contributed by atoms with Gasteiger partial charge in [0.05, 0.1) is 29.8 Å². The largest absolute Gasteiger partial charge is 0.496 e. The van der Waals surface area contributed by atoms with E-state index in [2.05, 4.69) is 15.3 Å². The van der Waals surface area contributed by atoms with Gasteiger partial charge in [-0.1, -0.05) is 0 Å². The van der Waals surface area contributed by atoms with Crippen LogP contribution < -0.4 is 20.5 Å². The zero-order valence-corrected chi connectivity index (χ0v) is 18.4. The van der Waals surface area contributed by atoms with Crippen LogP contribution in [0.1, 0.15) is 12.6 Å². The topological polar surface area (TPSA) is 87.2 Å². The fourth-order valence-electron chi connectivity index (χ4n) is 3.57. The smallest absolute Gasteiger partial charge is 0.154 e. The molecule has 3 aromatic heterocycles. The number of methoxy groups -OCH3 is 1. The second-order valence-electron chi connectivity index (χ2n) is 6.94. The van der Waals surface area contributed by atoms with Crippen molar-refractivity contribution in [2.45, 2.75) is 20.4 Å². The van der Waals surface area contributed by atoms with Crippen LogP contribution >= 0.6 is 11.3 Å². The fraction of sp³-hybridized carbons (Fsp3) is 0.273. The van der Waals surface area contributed by atoms with Crippen molar-refractivity contribution >= 4 is 33.1 Å². The zero-order chi connectivity index (χ0) is 22.0. The number of nitrogen functional groups attached to an aromatic ring is 1. The molecule has 4 aromatic rings. The number of rotatable bonds is 8. The number of fused-ring (bicyclic) bond motifs is 1. The Labute approximate surface area is 183 Å². The van der Waals surface area contributed by atoms with E-state index in [1.54, 1.807) is 13.2 Å². The molecular formula is C22H24FN5O2S. The molecule has 0 amide bonds. The van der Waals surface area contributed by atoms with E-state index < -0.39 is 0 Å². The summed E-state index contributed by atoms with van der Waals surface area (Å²) in [4.78, 5) is 9.55. The molecule has 31 heavy (non-hydrogen) atoms. The Morgan fingerprint density at radius 2 is 2.03 bits per heavy atom. The molecule has 0 aliphatic heterocycles. The van der Waals surface area contributed by atoms with Gasteiger partial charge >= 0.3 is 0 Å². The van der Waals surface area contributed by atoms with Gasteiger partial charge in [-0.25, -0.2) is 14.4 Å². The molecular weight excluding hydrogens is 417 g/mol. The average molecular weight is 442 g/mol. The number of thiophene rings is 1. The van der Waals surface area contributed by atoms with Crippen LogP contribution in [0.25, 0.3) is 21.5 Å². The molecule has 0 atom stereocenters. The summed E-state index contributed by atoms with van der Waals surface area (Å²) >= 11 is 1.42. The van der Waals surface area contributed by atoms with Gasteiger partial charge in [0.25, 0.3) is 0 Å². The second kappa shape index (κ2) is 8.81. The van der Waals surface area contributed by atoms with Crippen molar-refractivity contribution in [1.82, 2.24) is 14.5 Å². The minimum atomic E-state index is -0.270. The Bertz CT molecular complexity index is 1220. The highest BCUT2D eigenvalue weighted by molar-refractivity contribution is 7.19. The van der Waals surface area contributed by atoms with Gasteiger partial charge in [-0.05, 0) is 32.0 Å². The van der Waals surface area contributed by atoms with Crippen molar-refractivity contribution in [2.24, 2.45) is 0 Å². The molecule has 9 heteroatoms. The lowest BCUT2D eigenvalue weighted by atomic mass is 10.2. The third-order valence-electron chi connectivity index (χ3n) is 4.98. The summed E-state index contributed by atoms with van der Waals surface area (Å²) in [6, 6.07) is 8.78. The van der Waals surface area contributed by atoms with Crippen LogP contribution in [-0.4, -0.2) is 34.8 Å². The summed E-state index contributed by atoms with van der Waals surface area (Å²) in [5, 5.41) is 4.69. The maximum atomic E-state index is 14.5. The number of hydrogen-bond acceptors (Lipinski definition) is 7. The van der Waals surface area contributed by atoms with E-state index in [1.165, 1.54) is 23.7 Å². The molecule has 0 bridgehead atoms. The van der Waals surface area contributed by atoms with Crippen LogP contribution in [0.2, 0.25) is 0 Å². The SMILES string of the molecule is CCOc1cc(-c2cc(NCCn3c(C)cc4c(OC)ccc(F)c43)ncn2)sc1N. The van der Waals surface area contributed by atoms with Gasteiger partial charge in [0, 0.05) is 36.3 Å². The predicted molar refractivity (Wildman–Crippen MR) is 123 cm³/mol. The van der Waals surface area contributed by atoms with Gasteiger partial charge in [-0.3, -0.25) is 0 Å². The van der Waals surface area contributed by atoms with Crippen LogP contribution in [0.15, 0.2) is 36.7 Å². The second-order valence-corrected chi connectivity index (χ2v) is 8.02. The molecule has 4 rings (SSSR count). The first-order chi connectivity index (χ1) is 15.0. The van der Waals surface area contributed by atoms with Crippen LogP contribution in [0.5, 0.6) is 11.5 Å². The molecule has 162 valence electrons. The summed E-state index contributed by atoms with van der Waals surface area (Å²) in [6.45, 7) is 5.56. The number of halogens is 1. The summed E-state index contributed by atoms with van der Waals surface area (Å²) in [7, 11) is 1.59. The van der Waals surface area contributed by atoms with E-state index in [-0.39, 0.29) is 5.82 Å². The quantitative estimate of drug-likeness (QED) is 0.412. The molecule has 0 unspecified atom stereocenters. The van der Waals surface area contributed by atoms with Crippen molar-refractivity contribution in [3.05, 3.63) is 48.2 Å². The maximum Gasteiger partial charge on any atom is 0.154 e. The molecule has 0 fully saturated rings. The van der Waals surface area contributed by atoms with Gasteiger partial charge in [0.1, 0.15) is 28.7 Å². The van der Waals surface area contributed by atoms with E-state index >= 15 is 0 Å². The summed E-state index contributed by atoms with van der Waals surface area (Å²) in [5.74, 6) is 1.74. The highest BCUT2D eigenvalue weighted by Crippen LogP contribution is 2.38. The Hall–Kier alpha value is -3.33. The highest BCUT2D eigenvalue weighted by Gasteiger charge is 2.15. The van der Waals surface area contributed by atoms with Gasteiger partial charge in [0.15, 0.2) is 5.75 Å². The minimum Gasteiger partial charge on any atom is -0.496 e. The lowest BCUT2D eigenvalue weighted by Crippen LogP contribution is -2.12. The molecule has 0 radical (unpaired) electrons. The van der Waals surface area contributed by atoms with Crippen LogP contribution in [0.4, 0.5) is 15.2 Å². The monoisotopic (exact) mass is 441 g/mol. The normalized spacial score (nSPS) is 11.1. The third-order valence-corrected chi connectivity index (χ3v) is 5.95. The molecule has 1 aromatic carbocycles. The summed E-state index contributed by atoms with van der Waals surface area (Å²) in [5.41, 5.74) is 8.28. The number of ether oxygens (including phenoxy) is 2. The standard InChI is InChI=1S/C22H24FN5O2S/c1-4-30-18-11-19(31-22(18)24)16-10-20(27-12-26-16)25-7-8-28-13(2)9-14-17(29-3)6-5-15(23)21(14)28/h5-6,9-12H,4,7-8,24H2,1-3H3,(H,25,26,27). The Kier molecular flexibility index (Phi) is 5.94. The lowest BCUT2D eigenvalue weighted by Gasteiger charge is -2.11. The average Bonchev–Trinajstić information content (AvgIpc) is 3.29. The molecule has 3 N–H and O–H groups in total. The fourth-order valence-corrected chi connectivity index (χ4v) is 4.41. The number of hydrogen-bond donors (Lipinski definition) is 2. The van der Waals surface area contributed by atoms with E-state index in [4.69, 9.17) is 15.2 Å². The molecule has 0 saturated carbocycles. The Morgan fingerprint density at radius 3 is 2.81 bits per heavy atom. The molecule has 0 aliphatic carbocycles. The van der Waals surface area contributed by atoms with Crippen LogP contribution in [0, 0.1) is 12.7 Å². The van der Waals surface area contributed by atoms with Gasteiger partial charge in [-0.15, -0.1) is 11.3 Å². The van der Waals surface area contributed by atoms with Crippen LogP contribution in [0.3, 0.4) is 0 Å². The first kappa shape index (κ1) is 20.9. The van der Waals surface area contributed by atoms with Crippen molar-refractivity contribution in [3.63, 3.8) is 0 Å². The summed E-state index contributed by atoms with van der Waals surface area (Å²) < 4.78 is 27.4. The highest BCUT2D eigenvalue weighted by atomic mass is 32.1. The Balaban J connectivity index is 1.51. The number of anilines is 2. The number of nitrogens with two attached hydrogens (primary N) is 1. The zero-order valence-electron chi connectivity index (χ0n) is 17.6. The first-order valence-corrected chi connectivity index (χ1v) is 10.7. The molecule has 0 spiro atoms. The van der Waals surface area contributed by atoms with Gasteiger partial charge < -0.3 is 25.1 Å². The maximum absolute atomic E-state index is 14.5. The van der Waals surface area contributed by atoms with E-state index in [0.29, 0.717) is 47.5 Å². The van der Waals surface area contributed by atoms with E-state index in [0.717, 1.165) is 21.7 Å². The molecule has 7 nitrogen and oxygen atoms in total. The van der Waals surface area contributed by atoms with Crippen molar-refractivity contribution in [3.8, 4) is 22.1 Å². The Morgan fingerprint density at radius 1 is 1.19 bits per heavy atom. The number of aromatic nitrogens is 3. The third kappa shape index (κ3) is 4.13. The minimum absolute atomic E-state index is 0.270.